The molecule has 3 rings (SSSR count). The molecule has 1 fully saturated rings. The number of likely N-dealkylation sites (tertiary alicyclic amines) is 1. The van der Waals surface area contributed by atoms with Crippen molar-refractivity contribution < 1.29 is 4.79 Å². The Morgan fingerprint density at radius 1 is 1.26 bits per heavy atom. The molecule has 1 aliphatic heterocycles. The molecule has 19 heavy (non-hydrogen) atoms. The number of rotatable bonds is 1. The van der Waals surface area contributed by atoms with E-state index in [-0.39, 0.29) is 10.8 Å². The number of hydrogen-bond acceptors (Lipinski definition) is 2. The van der Waals surface area contributed by atoms with Crippen molar-refractivity contribution in [2.75, 3.05) is 20.1 Å². The zero-order valence-electron chi connectivity index (χ0n) is 12.2. The third kappa shape index (κ3) is 1.62. The number of carbonyl (C=O) groups is 1. The SMILES string of the molecule is CC(=O)[C@@]12CCN(C)C[C@]1(C)CCc1ccccc12. The lowest BCUT2D eigenvalue weighted by Crippen LogP contribution is -2.61. The van der Waals surface area contributed by atoms with Crippen LogP contribution in [0.5, 0.6) is 0 Å². The minimum absolute atomic E-state index is 0.0835. The van der Waals surface area contributed by atoms with Gasteiger partial charge in [0.25, 0.3) is 0 Å². The van der Waals surface area contributed by atoms with Crippen LogP contribution in [0.4, 0.5) is 0 Å². The normalized spacial score (nSPS) is 34.5. The van der Waals surface area contributed by atoms with Gasteiger partial charge in [-0.15, -0.1) is 0 Å². The molecule has 1 heterocycles. The zero-order chi connectivity index (χ0) is 13.7. The van der Waals surface area contributed by atoms with Crippen molar-refractivity contribution >= 4 is 5.78 Å². The summed E-state index contributed by atoms with van der Waals surface area (Å²) < 4.78 is 0. The number of ketones is 1. The van der Waals surface area contributed by atoms with Gasteiger partial charge < -0.3 is 4.90 Å². The fraction of sp³-hybridized carbons (Fsp3) is 0.588. The maximum absolute atomic E-state index is 12.6. The molecule has 0 radical (unpaired) electrons. The maximum atomic E-state index is 12.6. The fourth-order valence-electron chi connectivity index (χ4n) is 4.58. The first-order valence-electron chi connectivity index (χ1n) is 7.28. The molecule has 0 N–H and O–H groups in total. The summed E-state index contributed by atoms with van der Waals surface area (Å²) in [6, 6.07) is 8.59. The molecule has 0 unspecified atom stereocenters. The van der Waals surface area contributed by atoms with E-state index >= 15 is 0 Å². The molecule has 0 spiro atoms. The molecule has 2 nitrogen and oxygen atoms in total. The second kappa shape index (κ2) is 4.17. The van der Waals surface area contributed by atoms with Gasteiger partial charge in [0.05, 0.1) is 5.41 Å². The van der Waals surface area contributed by atoms with Crippen LogP contribution in [0.25, 0.3) is 0 Å². The highest BCUT2D eigenvalue weighted by molar-refractivity contribution is 5.90. The summed E-state index contributed by atoms with van der Waals surface area (Å²) in [6.45, 7) is 6.16. The van der Waals surface area contributed by atoms with E-state index in [1.807, 2.05) is 0 Å². The Morgan fingerprint density at radius 2 is 2.00 bits per heavy atom. The standard InChI is InChI=1S/C17H23NO/c1-13(19)17-10-11-18(3)12-16(17,2)9-8-14-6-4-5-7-15(14)17/h4-7H,8-12H2,1-3H3/t16-,17+/m0/s1. The van der Waals surface area contributed by atoms with E-state index in [1.54, 1.807) is 6.92 Å². The Bertz CT molecular complexity index is 524. The van der Waals surface area contributed by atoms with Gasteiger partial charge in [-0.1, -0.05) is 31.2 Å². The summed E-state index contributed by atoms with van der Waals surface area (Å²) in [6.07, 6.45) is 3.19. The molecule has 2 atom stereocenters. The van der Waals surface area contributed by atoms with Crippen molar-refractivity contribution in [3.63, 3.8) is 0 Å². The summed E-state index contributed by atoms with van der Waals surface area (Å²) >= 11 is 0. The summed E-state index contributed by atoms with van der Waals surface area (Å²) in [5.41, 5.74) is 2.53. The number of Topliss-reactive ketones (excluding diaryl/α,β-unsaturated/α-hetero) is 1. The lowest BCUT2D eigenvalue weighted by molar-refractivity contribution is -0.132. The van der Waals surface area contributed by atoms with E-state index < -0.39 is 0 Å². The van der Waals surface area contributed by atoms with E-state index in [1.165, 1.54) is 11.1 Å². The number of benzene rings is 1. The van der Waals surface area contributed by atoms with Crippen LogP contribution in [0.1, 0.15) is 37.8 Å². The highest BCUT2D eigenvalue weighted by Crippen LogP contribution is 2.54. The first-order chi connectivity index (χ1) is 8.99. The lowest BCUT2D eigenvalue weighted by atomic mass is 9.50. The van der Waals surface area contributed by atoms with Crippen LogP contribution in [-0.4, -0.2) is 30.8 Å². The average molecular weight is 257 g/mol. The van der Waals surface area contributed by atoms with E-state index in [2.05, 4.69) is 43.1 Å². The predicted octanol–water partition coefficient (Wildman–Crippen LogP) is 2.80. The minimum Gasteiger partial charge on any atom is -0.306 e. The number of aryl methyl sites for hydroxylation is 1. The fourth-order valence-corrected chi connectivity index (χ4v) is 4.58. The van der Waals surface area contributed by atoms with Crippen LogP contribution in [-0.2, 0) is 16.6 Å². The third-order valence-corrected chi connectivity index (χ3v) is 5.54. The summed E-state index contributed by atoms with van der Waals surface area (Å²) in [5, 5.41) is 0. The second-order valence-electron chi connectivity index (χ2n) is 6.67. The highest BCUT2D eigenvalue weighted by atomic mass is 16.1. The monoisotopic (exact) mass is 257 g/mol. The maximum Gasteiger partial charge on any atom is 0.140 e. The van der Waals surface area contributed by atoms with E-state index in [0.29, 0.717) is 5.78 Å². The summed E-state index contributed by atoms with van der Waals surface area (Å²) in [4.78, 5) is 15.0. The van der Waals surface area contributed by atoms with Gasteiger partial charge in [0, 0.05) is 6.54 Å². The van der Waals surface area contributed by atoms with E-state index in [9.17, 15) is 4.79 Å². The van der Waals surface area contributed by atoms with Crippen molar-refractivity contribution in [3.8, 4) is 0 Å². The number of piperidine rings is 1. The lowest BCUT2D eigenvalue weighted by Gasteiger charge is -2.56. The Kier molecular flexibility index (Phi) is 2.82. The first kappa shape index (κ1) is 12.9. The van der Waals surface area contributed by atoms with E-state index in [4.69, 9.17) is 0 Å². The molecule has 0 bridgehead atoms. The van der Waals surface area contributed by atoms with Gasteiger partial charge in [0.2, 0.25) is 0 Å². The van der Waals surface area contributed by atoms with Crippen LogP contribution >= 0.6 is 0 Å². The topological polar surface area (TPSA) is 20.3 Å². The van der Waals surface area contributed by atoms with Crippen molar-refractivity contribution in [3.05, 3.63) is 35.4 Å². The summed E-state index contributed by atoms with van der Waals surface area (Å²) in [7, 11) is 2.18. The largest absolute Gasteiger partial charge is 0.306 e. The average Bonchev–Trinajstić information content (AvgIpc) is 2.37. The first-order valence-corrected chi connectivity index (χ1v) is 7.28. The molecule has 1 saturated heterocycles. The third-order valence-electron chi connectivity index (χ3n) is 5.54. The number of hydrogen-bond donors (Lipinski definition) is 0. The predicted molar refractivity (Wildman–Crippen MR) is 77.3 cm³/mol. The van der Waals surface area contributed by atoms with Crippen molar-refractivity contribution in [2.45, 2.75) is 38.5 Å². The van der Waals surface area contributed by atoms with Gasteiger partial charge >= 0.3 is 0 Å². The molecular formula is C17H23NO. The minimum atomic E-state index is -0.256. The van der Waals surface area contributed by atoms with Crippen molar-refractivity contribution in [1.82, 2.24) is 4.90 Å². The second-order valence-corrected chi connectivity index (χ2v) is 6.67. The van der Waals surface area contributed by atoms with Crippen LogP contribution in [0.3, 0.4) is 0 Å². The molecular weight excluding hydrogens is 234 g/mol. The number of fused-ring (bicyclic) bond motifs is 3. The Morgan fingerprint density at radius 3 is 2.74 bits per heavy atom. The van der Waals surface area contributed by atoms with Gasteiger partial charge in [0.1, 0.15) is 5.78 Å². The molecule has 0 saturated carbocycles. The quantitative estimate of drug-likeness (QED) is 0.771. The Hall–Kier alpha value is -1.15. The van der Waals surface area contributed by atoms with Crippen molar-refractivity contribution in [1.29, 1.82) is 0 Å². The van der Waals surface area contributed by atoms with Crippen LogP contribution in [0.15, 0.2) is 24.3 Å². The summed E-state index contributed by atoms with van der Waals surface area (Å²) in [5.74, 6) is 0.357. The van der Waals surface area contributed by atoms with Gasteiger partial charge in [-0.2, -0.15) is 0 Å². The van der Waals surface area contributed by atoms with Crippen LogP contribution in [0.2, 0.25) is 0 Å². The number of carbonyl (C=O) groups excluding carboxylic acids is 1. The smallest absolute Gasteiger partial charge is 0.140 e. The Labute approximate surface area is 115 Å². The molecule has 1 aromatic rings. The van der Waals surface area contributed by atoms with Gasteiger partial charge in [0.15, 0.2) is 0 Å². The van der Waals surface area contributed by atoms with Gasteiger partial charge in [-0.3, -0.25) is 4.79 Å². The molecule has 2 heteroatoms. The zero-order valence-corrected chi connectivity index (χ0v) is 12.2. The van der Waals surface area contributed by atoms with E-state index in [0.717, 1.165) is 32.4 Å². The number of nitrogens with zero attached hydrogens (tertiary/aromatic N) is 1. The van der Waals surface area contributed by atoms with Crippen LogP contribution < -0.4 is 0 Å². The molecule has 1 aliphatic carbocycles. The Balaban J connectivity index is 2.22. The van der Waals surface area contributed by atoms with Crippen LogP contribution in [0, 0.1) is 5.41 Å². The van der Waals surface area contributed by atoms with Crippen molar-refractivity contribution in [2.24, 2.45) is 5.41 Å². The molecule has 1 aromatic carbocycles. The molecule has 2 aliphatic rings. The molecule has 102 valence electrons. The molecule has 0 amide bonds. The van der Waals surface area contributed by atoms with Gasteiger partial charge in [-0.25, -0.2) is 0 Å². The van der Waals surface area contributed by atoms with Gasteiger partial charge in [-0.05, 0) is 56.3 Å². The molecule has 0 aromatic heterocycles. The highest BCUT2D eigenvalue weighted by Gasteiger charge is 2.57.